The van der Waals surface area contributed by atoms with Crippen LogP contribution in [0.15, 0.2) is 16.6 Å². The van der Waals surface area contributed by atoms with E-state index in [0.717, 1.165) is 0 Å². The molecule has 0 unspecified atom stereocenters. The largest absolute Gasteiger partial charge is 0.298 e. The van der Waals surface area contributed by atoms with Gasteiger partial charge in [-0.15, -0.1) is 0 Å². The van der Waals surface area contributed by atoms with Crippen LogP contribution in [0.5, 0.6) is 0 Å². The topological polar surface area (TPSA) is 17.1 Å². The van der Waals surface area contributed by atoms with E-state index < -0.39 is 0 Å². The van der Waals surface area contributed by atoms with E-state index in [1.165, 1.54) is 0 Å². The van der Waals surface area contributed by atoms with Crippen molar-refractivity contribution in [2.24, 2.45) is 0 Å². The number of carbonyl (C=O) groups is 1. The normalized spacial score (nSPS) is 9.73. The molecule has 0 fully saturated rings. The quantitative estimate of drug-likeness (QED) is 0.440. The van der Waals surface area contributed by atoms with Gasteiger partial charge in [0.1, 0.15) is 0 Å². The standard InChI is InChI=1S/C7H3BrFIO/c8-6-4(3-11)1-2-5(10)7(6)9/h1-3H. The summed E-state index contributed by atoms with van der Waals surface area (Å²) >= 11 is 4.84. The van der Waals surface area contributed by atoms with Crippen LogP contribution in [-0.2, 0) is 0 Å². The molecule has 0 amide bonds. The van der Waals surface area contributed by atoms with Crippen molar-refractivity contribution in [2.45, 2.75) is 0 Å². The number of carbonyl (C=O) groups excluding carboxylic acids is 1. The van der Waals surface area contributed by atoms with Gasteiger partial charge in [-0.05, 0) is 50.7 Å². The van der Waals surface area contributed by atoms with Crippen molar-refractivity contribution in [1.82, 2.24) is 0 Å². The Hall–Kier alpha value is 0.0300. The highest BCUT2D eigenvalue weighted by molar-refractivity contribution is 14.1. The molecule has 0 spiro atoms. The summed E-state index contributed by atoms with van der Waals surface area (Å²) in [6.07, 6.45) is 0.614. The second-order valence-electron chi connectivity index (χ2n) is 1.88. The molecule has 11 heavy (non-hydrogen) atoms. The Balaban J connectivity index is 3.36. The molecule has 0 aliphatic heterocycles. The monoisotopic (exact) mass is 328 g/mol. The van der Waals surface area contributed by atoms with Gasteiger partial charge in [0.2, 0.25) is 0 Å². The summed E-state index contributed by atoms with van der Waals surface area (Å²) in [5, 5.41) is 0. The molecule has 0 aliphatic rings. The van der Waals surface area contributed by atoms with Crippen molar-refractivity contribution in [3.05, 3.63) is 31.6 Å². The van der Waals surface area contributed by atoms with Gasteiger partial charge in [-0.3, -0.25) is 4.79 Å². The third-order valence-corrected chi connectivity index (χ3v) is 2.83. The number of hydrogen-bond acceptors (Lipinski definition) is 1. The van der Waals surface area contributed by atoms with Gasteiger partial charge in [0.15, 0.2) is 12.1 Å². The van der Waals surface area contributed by atoms with Crippen LogP contribution in [0.1, 0.15) is 10.4 Å². The van der Waals surface area contributed by atoms with Crippen LogP contribution in [-0.4, -0.2) is 6.29 Å². The van der Waals surface area contributed by atoms with Gasteiger partial charge < -0.3 is 0 Å². The number of aldehydes is 1. The molecule has 58 valence electrons. The van der Waals surface area contributed by atoms with Crippen molar-refractivity contribution >= 4 is 44.8 Å². The average molecular weight is 329 g/mol. The highest BCUT2D eigenvalue weighted by Crippen LogP contribution is 2.23. The van der Waals surface area contributed by atoms with Crippen LogP contribution in [0.25, 0.3) is 0 Å². The van der Waals surface area contributed by atoms with Crippen molar-refractivity contribution in [3.8, 4) is 0 Å². The van der Waals surface area contributed by atoms with E-state index in [0.29, 0.717) is 15.4 Å². The third-order valence-electron chi connectivity index (χ3n) is 1.19. The molecule has 1 rings (SSSR count). The fourth-order valence-electron chi connectivity index (χ4n) is 0.632. The highest BCUT2D eigenvalue weighted by atomic mass is 127. The minimum atomic E-state index is -0.379. The number of benzene rings is 1. The Morgan fingerprint density at radius 2 is 2.18 bits per heavy atom. The van der Waals surface area contributed by atoms with Crippen molar-refractivity contribution in [1.29, 1.82) is 0 Å². The van der Waals surface area contributed by atoms with E-state index in [1.54, 1.807) is 12.1 Å². The maximum absolute atomic E-state index is 13.0. The Kier molecular flexibility index (Phi) is 3.00. The molecule has 1 aromatic carbocycles. The second kappa shape index (κ2) is 3.62. The molecule has 0 aliphatic carbocycles. The number of halogens is 3. The fraction of sp³-hybridized carbons (Fsp3) is 0. The zero-order valence-electron chi connectivity index (χ0n) is 5.27. The Morgan fingerprint density at radius 1 is 1.55 bits per heavy atom. The first-order valence-electron chi connectivity index (χ1n) is 2.75. The van der Waals surface area contributed by atoms with Crippen LogP contribution in [0.2, 0.25) is 0 Å². The highest BCUT2D eigenvalue weighted by Gasteiger charge is 2.07. The first-order chi connectivity index (χ1) is 5.16. The second-order valence-corrected chi connectivity index (χ2v) is 3.84. The van der Waals surface area contributed by atoms with E-state index in [2.05, 4.69) is 15.9 Å². The summed E-state index contributed by atoms with van der Waals surface area (Å²) in [6, 6.07) is 3.13. The molecule has 0 heterocycles. The lowest BCUT2D eigenvalue weighted by Gasteiger charge is -1.98. The smallest absolute Gasteiger partial charge is 0.151 e. The molecule has 0 N–H and O–H groups in total. The molecule has 0 radical (unpaired) electrons. The van der Waals surface area contributed by atoms with E-state index in [9.17, 15) is 9.18 Å². The SMILES string of the molecule is O=Cc1ccc(I)c(F)c1Br. The molecular formula is C7H3BrFIO. The summed E-state index contributed by atoms with van der Waals surface area (Å²) in [6.45, 7) is 0. The van der Waals surface area contributed by atoms with Crippen LogP contribution in [0, 0.1) is 9.39 Å². The molecule has 4 heteroatoms. The van der Waals surface area contributed by atoms with Crippen LogP contribution >= 0.6 is 38.5 Å². The first kappa shape index (κ1) is 9.12. The lowest BCUT2D eigenvalue weighted by molar-refractivity contribution is 0.112. The Labute approximate surface area is 85.3 Å². The molecular weight excluding hydrogens is 326 g/mol. The van der Waals surface area contributed by atoms with Gasteiger partial charge >= 0.3 is 0 Å². The van der Waals surface area contributed by atoms with Gasteiger partial charge in [-0.25, -0.2) is 4.39 Å². The lowest BCUT2D eigenvalue weighted by atomic mass is 10.2. The van der Waals surface area contributed by atoms with Gasteiger partial charge in [0.05, 0.1) is 4.47 Å². The zero-order chi connectivity index (χ0) is 8.43. The van der Waals surface area contributed by atoms with E-state index >= 15 is 0 Å². The van der Waals surface area contributed by atoms with Crippen molar-refractivity contribution in [3.63, 3.8) is 0 Å². The van der Waals surface area contributed by atoms with Gasteiger partial charge in [0, 0.05) is 9.13 Å². The van der Waals surface area contributed by atoms with E-state index in [1.807, 2.05) is 22.6 Å². The molecule has 0 aromatic heterocycles. The van der Waals surface area contributed by atoms with Crippen LogP contribution in [0.3, 0.4) is 0 Å². The summed E-state index contributed by atoms with van der Waals surface area (Å²) in [5.74, 6) is -0.379. The summed E-state index contributed by atoms with van der Waals surface area (Å²) in [5.41, 5.74) is 0.336. The van der Waals surface area contributed by atoms with E-state index in [-0.39, 0.29) is 10.3 Å². The van der Waals surface area contributed by atoms with Crippen LogP contribution < -0.4 is 0 Å². The summed E-state index contributed by atoms with van der Waals surface area (Å²) in [7, 11) is 0. The summed E-state index contributed by atoms with van der Waals surface area (Å²) < 4.78 is 13.7. The van der Waals surface area contributed by atoms with Crippen molar-refractivity contribution < 1.29 is 9.18 Å². The third kappa shape index (κ3) is 1.79. The maximum Gasteiger partial charge on any atom is 0.151 e. The first-order valence-corrected chi connectivity index (χ1v) is 4.62. The zero-order valence-corrected chi connectivity index (χ0v) is 9.02. The predicted molar refractivity (Wildman–Crippen MR) is 52.2 cm³/mol. The minimum Gasteiger partial charge on any atom is -0.298 e. The van der Waals surface area contributed by atoms with Crippen molar-refractivity contribution in [2.75, 3.05) is 0 Å². The minimum absolute atomic E-state index is 0.236. The summed E-state index contributed by atoms with van der Waals surface area (Å²) in [4.78, 5) is 10.3. The number of hydrogen-bond donors (Lipinski definition) is 0. The van der Waals surface area contributed by atoms with E-state index in [4.69, 9.17) is 0 Å². The maximum atomic E-state index is 13.0. The fourth-order valence-corrected chi connectivity index (χ4v) is 1.89. The lowest BCUT2D eigenvalue weighted by Crippen LogP contribution is -1.89. The van der Waals surface area contributed by atoms with Crippen LogP contribution in [0.4, 0.5) is 4.39 Å². The molecule has 1 nitrogen and oxygen atoms in total. The Bertz CT molecular complexity index is 301. The molecule has 0 atom stereocenters. The average Bonchev–Trinajstić information content (AvgIpc) is 2.01. The predicted octanol–water partition coefficient (Wildman–Crippen LogP) is 3.01. The van der Waals surface area contributed by atoms with Gasteiger partial charge in [0.25, 0.3) is 0 Å². The number of rotatable bonds is 1. The molecule has 0 saturated carbocycles. The Morgan fingerprint density at radius 3 is 2.73 bits per heavy atom. The van der Waals surface area contributed by atoms with Gasteiger partial charge in [-0.1, -0.05) is 0 Å². The molecule has 0 bridgehead atoms. The van der Waals surface area contributed by atoms with Gasteiger partial charge in [-0.2, -0.15) is 0 Å². The molecule has 0 saturated heterocycles. The molecule has 1 aromatic rings.